The molecule has 2 aliphatic heterocycles. The van der Waals surface area contributed by atoms with E-state index in [1.54, 1.807) is 4.90 Å². The third kappa shape index (κ3) is 8.63. The molecule has 0 radical (unpaired) electrons. The molecule has 0 aromatic rings. The van der Waals surface area contributed by atoms with Gasteiger partial charge in [-0.25, -0.2) is 9.59 Å². The molecule has 4 atom stereocenters. The SMILES string of the molecule is CC(C)(C)OC(=O)N1CCC([C@H]2C[C@H]2C=O)CC1.CC(C)(C)OC(=O)N1CCC([C@H]2C[C@H]2CO)CC1. The molecule has 2 aliphatic carbocycles. The Labute approximate surface area is 217 Å². The van der Waals surface area contributed by atoms with Crippen LogP contribution in [0.1, 0.15) is 80.1 Å². The van der Waals surface area contributed by atoms with Crippen LogP contribution in [0.3, 0.4) is 0 Å². The molecule has 0 bridgehead atoms. The summed E-state index contributed by atoms with van der Waals surface area (Å²) < 4.78 is 10.7. The summed E-state index contributed by atoms with van der Waals surface area (Å²) in [7, 11) is 0. The van der Waals surface area contributed by atoms with Crippen LogP contribution in [0, 0.1) is 35.5 Å². The zero-order valence-electron chi connectivity index (χ0n) is 23.2. The van der Waals surface area contributed by atoms with Crippen molar-refractivity contribution in [2.75, 3.05) is 32.8 Å². The minimum Gasteiger partial charge on any atom is -0.444 e. The summed E-state index contributed by atoms with van der Waals surface area (Å²) >= 11 is 0. The molecule has 0 aromatic carbocycles. The molecule has 4 aliphatic rings. The van der Waals surface area contributed by atoms with E-state index in [1.807, 2.05) is 46.4 Å². The van der Waals surface area contributed by atoms with Crippen molar-refractivity contribution in [2.24, 2.45) is 35.5 Å². The topological polar surface area (TPSA) is 96.4 Å². The van der Waals surface area contributed by atoms with E-state index in [9.17, 15) is 14.4 Å². The summed E-state index contributed by atoms with van der Waals surface area (Å²) in [5.41, 5.74) is -0.834. The van der Waals surface area contributed by atoms with Gasteiger partial charge in [0.1, 0.15) is 17.5 Å². The average molecular weight is 509 g/mol. The van der Waals surface area contributed by atoms with Crippen LogP contribution in [-0.4, -0.2) is 77.4 Å². The highest BCUT2D eigenvalue weighted by Crippen LogP contribution is 2.48. The highest BCUT2D eigenvalue weighted by Gasteiger charge is 2.44. The predicted molar refractivity (Wildman–Crippen MR) is 137 cm³/mol. The summed E-state index contributed by atoms with van der Waals surface area (Å²) in [6.45, 7) is 14.8. The molecule has 36 heavy (non-hydrogen) atoms. The standard InChI is InChI=1S/C14H25NO3.C14H23NO3/c2*1-14(2,3)18-13(17)15-6-4-10(5-7-15)12-8-11(12)9-16/h10-12,16H,4-9H2,1-3H3;9-12H,4-8H2,1-3H3/t2*11-,12+/m00/s1. The fourth-order valence-electron chi connectivity index (χ4n) is 5.67. The van der Waals surface area contributed by atoms with Gasteiger partial charge in [-0.1, -0.05) is 0 Å². The Morgan fingerprint density at radius 2 is 1.19 bits per heavy atom. The van der Waals surface area contributed by atoms with E-state index >= 15 is 0 Å². The number of likely N-dealkylation sites (tertiary alicyclic amines) is 2. The summed E-state index contributed by atoms with van der Waals surface area (Å²) in [5.74, 6) is 3.44. The summed E-state index contributed by atoms with van der Waals surface area (Å²) in [6.07, 6.45) is 7.06. The van der Waals surface area contributed by atoms with Gasteiger partial charge in [0.25, 0.3) is 0 Å². The van der Waals surface area contributed by atoms with Crippen LogP contribution in [0.15, 0.2) is 0 Å². The molecule has 0 aromatic heterocycles. The Morgan fingerprint density at radius 1 is 0.778 bits per heavy atom. The predicted octanol–water partition coefficient (Wildman–Crippen LogP) is 4.73. The molecule has 2 amide bonds. The lowest BCUT2D eigenvalue weighted by molar-refractivity contribution is -0.109. The van der Waals surface area contributed by atoms with Gasteiger partial charge < -0.3 is 29.2 Å². The van der Waals surface area contributed by atoms with Crippen LogP contribution in [0.25, 0.3) is 0 Å². The fourth-order valence-corrected chi connectivity index (χ4v) is 5.67. The molecule has 0 unspecified atom stereocenters. The van der Waals surface area contributed by atoms with Crippen LogP contribution in [0.2, 0.25) is 0 Å². The van der Waals surface area contributed by atoms with Crippen molar-refractivity contribution in [1.29, 1.82) is 0 Å². The number of rotatable bonds is 4. The van der Waals surface area contributed by atoms with E-state index in [-0.39, 0.29) is 12.2 Å². The zero-order valence-corrected chi connectivity index (χ0v) is 23.2. The summed E-state index contributed by atoms with van der Waals surface area (Å²) in [4.78, 5) is 38.0. The second-order valence-electron chi connectivity index (χ2n) is 13.2. The second-order valence-corrected chi connectivity index (χ2v) is 13.2. The largest absolute Gasteiger partial charge is 0.444 e. The molecule has 2 saturated heterocycles. The minimum atomic E-state index is -0.424. The van der Waals surface area contributed by atoms with E-state index in [0.717, 1.165) is 64.6 Å². The smallest absolute Gasteiger partial charge is 0.410 e. The van der Waals surface area contributed by atoms with Crippen LogP contribution < -0.4 is 0 Å². The molecule has 4 rings (SSSR count). The monoisotopic (exact) mass is 508 g/mol. The molecular formula is C28H48N2O6. The number of carbonyl (C=O) groups excluding carboxylic acids is 3. The van der Waals surface area contributed by atoms with Crippen LogP contribution in [-0.2, 0) is 14.3 Å². The Morgan fingerprint density at radius 3 is 1.50 bits per heavy atom. The van der Waals surface area contributed by atoms with Gasteiger partial charge in [-0.05, 0) is 110 Å². The molecule has 206 valence electrons. The average Bonchev–Trinajstić information content (AvgIpc) is 3.72. The van der Waals surface area contributed by atoms with Gasteiger partial charge in [0, 0.05) is 38.7 Å². The van der Waals surface area contributed by atoms with E-state index in [2.05, 4.69) is 0 Å². The number of amides is 2. The maximum absolute atomic E-state index is 11.9. The van der Waals surface area contributed by atoms with E-state index < -0.39 is 11.2 Å². The van der Waals surface area contributed by atoms with Gasteiger partial charge in [0.15, 0.2) is 0 Å². The van der Waals surface area contributed by atoms with Gasteiger partial charge in [0.2, 0.25) is 0 Å². The quantitative estimate of drug-likeness (QED) is 0.552. The van der Waals surface area contributed by atoms with Gasteiger partial charge >= 0.3 is 12.2 Å². The molecule has 1 N–H and O–H groups in total. The van der Waals surface area contributed by atoms with Gasteiger partial charge in [0.05, 0.1) is 0 Å². The Bertz CT molecular complexity index is 757. The maximum atomic E-state index is 11.9. The van der Waals surface area contributed by atoms with Crippen molar-refractivity contribution in [2.45, 2.75) is 91.3 Å². The van der Waals surface area contributed by atoms with Crippen LogP contribution in [0.4, 0.5) is 9.59 Å². The number of hydrogen-bond acceptors (Lipinski definition) is 6. The first-order valence-corrected chi connectivity index (χ1v) is 13.8. The molecule has 8 nitrogen and oxygen atoms in total. The Balaban J connectivity index is 0.000000201. The third-order valence-electron chi connectivity index (χ3n) is 7.87. The lowest BCUT2D eigenvalue weighted by atomic mass is 9.91. The third-order valence-corrected chi connectivity index (χ3v) is 7.87. The highest BCUT2D eigenvalue weighted by atomic mass is 16.6. The fraction of sp³-hybridized carbons (Fsp3) is 0.893. The van der Waals surface area contributed by atoms with Crippen molar-refractivity contribution in [3.63, 3.8) is 0 Å². The van der Waals surface area contributed by atoms with Crippen LogP contribution in [0.5, 0.6) is 0 Å². The van der Waals surface area contributed by atoms with Crippen molar-refractivity contribution in [3.8, 4) is 0 Å². The number of ether oxygens (including phenoxy) is 2. The zero-order chi connectivity index (χ0) is 26.7. The van der Waals surface area contributed by atoms with E-state index in [0.29, 0.717) is 42.1 Å². The number of hydrogen-bond donors (Lipinski definition) is 1. The Hall–Kier alpha value is -1.83. The second kappa shape index (κ2) is 11.7. The first-order chi connectivity index (χ1) is 16.8. The normalized spacial score (nSPS) is 29.1. The van der Waals surface area contributed by atoms with Gasteiger partial charge in [-0.2, -0.15) is 0 Å². The number of piperidine rings is 2. The number of nitrogens with zero attached hydrogens (tertiary/aromatic N) is 2. The lowest BCUT2D eigenvalue weighted by Gasteiger charge is -2.33. The number of aliphatic hydroxyl groups excluding tert-OH is 1. The van der Waals surface area contributed by atoms with Crippen molar-refractivity contribution in [3.05, 3.63) is 0 Å². The first kappa shape index (κ1) is 28.7. The number of carbonyl (C=O) groups is 3. The lowest BCUT2D eigenvalue weighted by Crippen LogP contribution is -2.42. The minimum absolute atomic E-state index is 0.185. The van der Waals surface area contributed by atoms with Gasteiger partial charge in [-0.15, -0.1) is 0 Å². The molecule has 2 heterocycles. The van der Waals surface area contributed by atoms with Crippen molar-refractivity contribution < 1.29 is 29.0 Å². The molecular weight excluding hydrogens is 460 g/mol. The van der Waals surface area contributed by atoms with Crippen molar-refractivity contribution in [1.82, 2.24) is 9.80 Å². The Kier molecular flexibility index (Phi) is 9.34. The van der Waals surface area contributed by atoms with E-state index in [4.69, 9.17) is 14.6 Å². The highest BCUT2D eigenvalue weighted by molar-refractivity contribution is 5.68. The van der Waals surface area contributed by atoms with E-state index in [1.165, 1.54) is 6.42 Å². The van der Waals surface area contributed by atoms with Crippen molar-refractivity contribution >= 4 is 18.5 Å². The molecule has 0 spiro atoms. The maximum Gasteiger partial charge on any atom is 0.410 e. The molecule has 4 fully saturated rings. The number of aliphatic hydroxyl groups is 1. The molecule has 8 heteroatoms. The molecule has 2 saturated carbocycles. The summed E-state index contributed by atoms with van der Waals surface area (Å²) in [5, 5.41) is 9.09. The van der Waals surface area contributed by atoms with Crippen LogP contribution >= 0.6 is 0 Å². The van der Waals surface area contributed by atoms with Gasteiger partial charge in [-0.3, -0.25) is 0 Å². The first-order valence-electron chi connectivity index (χ1n) is 13.8. The summed E-state index contributed by atoms with van der Waals surface area (Å²) in [6, 6.07) is 0. The number of aldehydes is 1.